The van der Waals surface area contributed by atoms with E-state index in [9.17, 15) is 4.79 Å². The molecule has 100 valence electrons. The van der Waals surface area contributed by atoms with Crippen LogP contribution in [0.5, 0.6) is 11.6 Å². The first-order valence-electron chi connectivity index (χ1n) is 5.61. The zero-order chi connectivity index (χ0) is 13.8. The van der Waals surface area contributed by atoms with Crippen LogP contribution >= 0.6 is 0 Å². The Kier molecular flexibility index (Phi) is 3.70. The first-order valence-corrected chi connectivity index (χ1v) is 5.61. The molecule has 0 aliphatic rings. The van der Waals surface area contributed by atoms with Crippen LogP contribution in [0.15, 0.2) is 30.5 Å². The summed E-state index contributed by atoms with van der Waals surface area (Å²) in [5, 5.41) is 13.1. The number of rotatable bonds is 5. The zero-order valence-corrected chi connectivity index (χ0v) is 10.7. The van der Waals surface area contributed by atoms with Crippen molar-refractivity contribution in [3.05, 3.63) is 41.6 Å². The van der Waals surface area contributed by atoms with E-state index < -0.39 is 5.97 Å². The van der Waals surface area contributed by atoms with E-state index in [2.05, 4.69) is 5.10 Å². The van der Waals surface area contributed by atoms with E-state index >= 15 is 0 Å². The summed E-state index contributed by atoms with van der Waals surface area (Å²) in [5.74, 6) is -0.174. The van der Waals surface area contributed by atoms with Crippen molar-refractivity contribution in [2.75, 3.05) is 14.2 Å². The molecule has 1 N–H and O–H groups in total. The predicted molar refractivity (Wildman–Crippen MR) is 67.8 cm³/mol. The van der Waals surface area contributed by atoms with E-state index in [0.717, 1.165) is 11.3 Å². The molecule has 0 atom stereocenters. The molecule has 6 nitrogen and oxygen atoms in total. The van der Waals surface area contributed by atoms with Gasteiger partial charge in [-0.05, 0) is 17.7 Å². The average molecular weight is 262 g/mol. The highest BCUT2D eigenvalue weighted by atomic mass is 16.5. The molecule has 0 bridgehead atoms. The van der Waals surface area contributed by atoms with Gasteiger partial charge in [0, 0.05) is 6.20 Å². The molecule has 1 heterocycles. The fourth-order valence-corrected chi connectivity index (χ4v) is 1.70. The molecule has 1 aromatic carbocycles. The highest BCUT2D eigenvalue weighted by molar-refractivity contribution is 5.89. The second kappa shape index (κ2) is 5.43. The third-order valence-electron chi connectivity index (χ3n) is 2.66. The van der Waals surface area contributed by atoms with E-state index in [1.807, 2.05) is 24.3 Å². The number of ether oxygens (including phenoxy) is 2. The summed E-state index contributed by atoms with van der Waals surface area (Å²) < 4.78 is 11.5. The number of aromatic carboxylic acids is 1. The number of methoxy groups -OCH3 is 2. The van der Waals surface area contributed by atoms with Crippen LogP contribution in [0.3, 0.4) is 0 Å². The number of aromatic nitrogens is 2. The summed E-state index contributed by atoms with van der Waals surface area (Å²) >= 11 is 0. The van der Waals surface area contributed by atoms with Gasteiger partial charge in [0.1, 0.15) is 11.3 Å². The van der Waals surface area contributed by atoms with Crippen molar-refractivity contribution in [1.29, 1.82) is 0 Å². The molecule has 0 aliphatic carbocycles. The van der Waals surface area contributed by atoms with Gasteiger partial charge in [0.15, 0.2) is 0 Å². The summed E-state index contributed by atoms with van der Waals surface area (Å²) in [6.07, 6.45) is 1.45. The lowest BCUT2D eigenvalue weighted by atomic mass is 10.2. The Labute approximate surface area is 110 Å². The second-order valence-corrected chi connectivity index (χ2v) is 3.90. The number of hydrogen-bond acceptors (Lipinski definition) is 4. The summed E-state index contributed by atoms with van der Waals surface area (Å²) in [5.41, 5.74) is 1.04. The van der Waals surface area contributed by atoms with Gasteiger partial charge in [0.25, 0.3) is 0 Å². The molecular formula is C13H14N2O4. The van der Waals surface area contributed by atoms with Crippen LogP contribution in [0, 0.1) is 0 Å². The van der Waals surface area contributed by atoms with Gasteiger partial charge < -0.3 is 14.6 Å². The van der Waals surface area contributed by atoms with Crippen molar-refractivity contribution in [3.63, 3.8) is 0 Å². The number of benzene rings is 1. The quantitative estimate of drug-likeness (QED) is 0.886. The maximum Gasteiger partial charge on any atom is 0.342 e. The molecule has 6 heteroatoms. The van der Waals surface area contributed by atoms with Gasteiger partial charge in [-0.2, -0.15) is 0 Å². The smallest absolute Gasteiger partial charge is 0.342 e. The molecular weight excluding hydrogens is 248 g/mol. The summed E-state index contributed by atoms with van der Waals surface area (Å²) in [6, 6.07) is 7.48. The van der Waals surface area contributed by atoms with Gasteiger partial charge in [0.2, 0.25) is 5.88 Å². The van der Waals surface area contributed by atoms with E-state index in [-0.39, 0.29) is 11.4 Å². The Hall–Kier alpha value is -2.50. The van der Waals surface area contributed by atoms with Crippen molar-refractivity contribution < 1.29 is 19.4 Å². The van der Waals surface area contributed by atoms with Crippen LogP contribution in [-0.4, -0.2) is 35.1 Å². The maximum atomic E-state index is 11.0. The molecule has 0 aliphatic heterocycles. The SMILES string of the molecule is COc1ccc(Cn2cc(C(=O)O)c(OC)n2)cc1. The number of hydrogen-bond donors (Lipinski definition) is 1. The molecule has 19 heavy (non-hydrogen) atoms. The third-order valence-corrected chi connectivity index (χ3v) is 2.66. The Bertz CT molecular complexity index is 575. The number of carbonyl (C=O) groups is 1. The fraction of sp³-hybridized carbons (Fsp3) is 0.231. The standard InChI is InChI=1S/C13H14N2O4/c1-18-10-5-3-9(4-6-10)7-15-8-11(13(16)17)12(14-15)19-2/h3-6,8H,7H2,1-2H3,(H,16,17). The Morgan fingerprint density at radius 1 is 1.26 bits per heavy atom. The highest BCUT2D eigenvalue weighted by Crippen LogP contribution is 2.17. The lowest BCUT2D eigenvalue weighted by molar-refractivity contribution is 0.0693. The summed E-state index contributed by atoms with van der Waals surface area (Å²) in [6.45, 7) is 0.466. The van der Waals surface area contributed by atoms with Gasteiger partial charge in [-0.15, -0.1) is 5.10 Å². The summed E-state index contributed by atoms with van der Waals surface area (Å²) in [4.78, 5) is 11.0. The molecule has 2 rings (SSSR count). The minimum atomic E-state index is -1.06. The monoisotopic (exact) mass is 262 g/mol. The van der Waals surface area contributed by atoms with Gasteiger partial charge in [-0.25, -0.2) is 4.79 Å². The fourth-order valence-electron chi connectivity index (χ4n) is 1.70. The average Bonchev–Trinajstić information content (AvgIpc) is 2.83. The van der Waals surface area contributed by atoms with Crippen LogP contribution in [0.2, 0.25) is 0 Å². The van der Waals surface area contributed by atoms with Crippen molar-refractivity contribution in [3.8, 4) is 11.6 Å². The molecule has 1 aromatic heterocycles. The van der Waals surface area contributed by atoms with Crippen LogP contribution in [0.25, 0.3) is 0 Å². The molecule has 0 unspecified atom stereocenters. The lowest BCUT2D eigenvalue weighted by Gasteiger charge is -2.03. The molecule has 0 saturated carbocycles. The van der Waals surface area contributed by atoms with Crippen molar-refractivity contribution in [2.24, 2.45) is 0 Å². The second-order valence-electron chi connectivity index (χ2n) is 3.90. The third kappa shape index (κ3) is 2.85. The Morgan fingerprint density at radius 2 is 1.95 bits per heavy atom. The number of carboxylic acid groups (broad SMARTS) is 1. The minimum absolute atomic E-state index is 0.0519. The Morgan fingerprint density at radius 3 is 2.42 bits per heavy atom. The van der Waals surface area contributed by atoms with Crippen LogP contribution in [0.1, 0.15) is 15.9 Å². The highest BCUT2D eigenvalue weighted by Gasteiger charge is 2.15. The van der Waals surface area contributed by atoms with E-state index in [0.29, 0.717) is 6.54 Å². The topological polar surface area (TPSA) is 73.6 Å². The molecule has 0 spiro atoms. The van der Waals surface area contributed by atoms with Gasteiger partial charge >= 0.3 is 5.97 Å². The van der Waals surface area contributed by atoms with Crippen LogP contribution < -0.4 is 9.47 Å². The van der Waals surface area contributed by atoms with E-state index in [1.165, 1.54) is 18.0 Å². The zero-order valence-electron chi connectivity index (χ0n) is 10.7. The van der Waals surface area contributed by atoms with Gasteiger partial charge in [-0.3, -0.25) is 4.68 Å². The molecule has 0 saturated heterocycles. The first kappa shape index (κ1) is 12.9. The summed E-state index contributed by atoms with van der Waals surface area (Å²) in [7, 11) is 3.00. The maximum absolute atomic E-state index is 11.0. The predicted octanol–water partition coefficient (Wildman–Crippen LogP) is 1.65. The van der Waals surface area contributed by atoms with E-state index in [4.69, 9.17) is 14.6 Å². The molecule has 0 radical (unpaired) electrons. The first-order chi connectivity index (χ1) is 9.13. The molecule has 0 fully saturated rings. The Balaban J connectivity index is 2.20. The number of nitrogens with zero attached hydrogens (tertiary/aromatic N) is 2. The normalized spacial score (nSPS) is 10.2. The minimum Gasteiger partial charge on any atom is -0.497 e. The molecule has 2 aromatic rings. The van der Waals surface area contributed by atoms with Crippen LogP contribution in [-0.2, 0) is 6.54 Å². The lowest BCUT2D eigenvalue weighted by Crippen LogP contribution is -2.00. The van der Waals surface area contributed by atoms with Crippen molar-refractivity contribution >= 4 is 5.97 Å². The van der Waals surface area contributed by atoms with Gasteiger partial charge in [0.05, 0.1) is 20.8 Å². The van der Waals surface area contributed by atoms with Gasteiger partial charge in [-0.1, -0.05) is 12.1 Å². The van der Waals surface area contributed by atoms with E-state index in [1.54, 1.807) is 7.11 Å². The van der Waals surface area contributed by atoms with Crippen molar-refractivity contribution in [2.45, 2.75) is 6.54 Å². The van der Waals surface area contributed by atoms with Crippen LogP contribution in [0.4, 0.5) is 0 Å². The number of carboxylic acids is 1. The molecule has 0 amide bonds. The largest absolute Gasteiger partial charge is 0.497 e. The van der Waals surface area contributed by atoms with Crippen molar-refractivity contribution in [1.82, 2.24) is 9.78 Å².